The Hall–Kier alpha value is -1.40. The molecule has 0 heterocycles. The Morgan fingerprint density at radius 1 is 1.29 bits per heavy atom. The fourth-order valence-electron chi connectivity index (χ4n) is 2.63. The number of carbonyl (C=O) groups is 1. The Labute approximate surface area is 126 Å². The summed E-state index contributed by atoms with van der Waals surface area (Å²) in [5.41, 5.74) is 0.529. The van der Waals surface area contributed by atoms with Gasteiger partial charge in [0.15, 0.2) is 0 Å². The molecule has 1 aromatic rings. The highest BCUT2D eigenvalue weighted by Crippen LogP contribution is 2.28. The van der Waals surface area contributed by atoms with Crippen LogP contribution in [0.3, 0.4) is 0 Å². The Kier molecular flexibility index (Phi) is 5.00. The van der Waals surface area contributed by atoms with Crippen LogP contribution in [0.1, 0.15) is 32.1 Å². The molecule has 0 aromatic heterocycles. The summed E-state index contributed by atoms with van der Waals surface area (Å²) in [6.07, 6.45) is 5.15. The molecule has 1 aliphatic carbocycles. The number of amides is 1. The largest absolute Gasteiger partial charge is 0.326 e. The third-order valence-corrected chi connectivity index (χ3v) is 5.66. The minimum absolute atomic E-state index is 0.0405. The van der Waals surface area contributed by atoms with Gasteiger partial charge in [-0.2, -0.15) is 0 Å². The lowest BCUT2D eigenvalue weighted by atomic mass is 10.0. The second-order valence-corrected chi connectivity index (χ2v) is 7.87. The Morgan fingerprint density at radius 2 is 1.95 bits per heavy atom. The average Bonchev–Trinajstić information content (AvgIpc) is 2.91. The van der Waals surface area contributed by atoms with E-state index >= 15 is 0 Å². The first-order valence-electron chi connectivity index (χ1n) is 7.22. The fourth-order valence-corrected chi connectivity index (χ4v) is 3.58. The minimum Gasteiger partial charge on any atom is -0.326 e. The molecular weight excluding hydrogens is 288 g/mol. The number of anilines is 1. The molecule has 2 rings (SSSR count). The summed E-state index contributed by atoms with van der Waals surface area (Å²) in [7, 11) is -0.502. The number of nitrogens with one attached hydrogen (secondary N) is 1. The minimum atomic E-state index is -3.48. The van der Waals surface area contributed by atoms with Crippen molar-refractivity contribution in [3.8, 4) is 0 Å². The van der Waals surface area contributed by atoms with Crippen LogP contribution in [0, 0.1) is 5.92 Å². The van der Waals surface area contributed by atoms with Crippen molar-refractivity contribution in [3.63, 3.8) is 0 Å². The van der Waals surface area contributed by atoms with Crippen LogP contribution in [-0.4, -0.2) is 32.7 Å². The number of rotatable bonds is 5. The number of benzene rings is 1. The van der Waals surface area contributed by atoms with Crippen LogP contribution in [0.5, 0.6) is 0 Å². The van der Waals surface area contributed by atoms with E-state index < -0.39 is 10.0 Å². The summed E-state index contributed by atoms with van der Waals surface area (Å²) in [6.45, 7) is 0. The average molecular weight is 310 g/mol. The summed E-state index contributed by atoms with van der Waals surface area (Å²) in [5.74, 6) is 0.431. The molecule has 0 radical (unpaired) electrons. The third-order valence-electron chi connectivity index (χ3n) is 3.85. The van der Waals surface area contributed by atoms with E-state index in [9.17, 15) is 13.2 Å². The van der Waals surface area contributed by atoms with Crippen LogP contribution in [-0.2, 0) is 14.8 Å². The van der Waals surface area contributed by atoms with Crippen LogP contribution in [0.15, 0.2) is 29.2 Å². The first-order valence-corrected chi connectivity index (χ1v) is 8.66. The van der Waals surface area contributed by atoms with Gasteiger partial charge >= 0.3 is 0 Å². The smallest absolute Gasteiger partial charge is 0.242 e. The first-order chi connectivity index (χ1) is 9.89. The second kappa shape index (κ2) is 6.58. The van der Waals surface area contributed by atoms with Crippen molar-refractivity contribution < 1.29 is 13.2 Å². The van der Waals surface area contributed by atoms with Crippen LogP contribution in [0.2, 0.25) is 0 Å². The molecule has 1 aromatic carbocycles. The van der Waals surface area contributed by atoms with Gasteiger partial charge in [-0.05, 0) is 37.0 Å². The van der Waals surface area contributed by atoms with Crippen LogP contribution in [0.4, 0.5) is 5.69 Å². The van der Waals surface area contributed by atoms with Gasteiger partial charge in [0, 0.05) is 26.2 Å². The van der Waals surface area contributed by atoms with Gasteiger partial charge in [0.25, 0.3) is 0 Å². The lowest BCUT2D eigenvalue weighted by molar-refractivity contribution is -0.117. The number of hydrogen-bond donors (Lipinski definition) is 1. The van der Waals surface area contributed by atoms with Crippen molar-refractivity contribution in [1.82, 2.24) is 4.31 Å². The van der Waals surface area contributed by atoms with E-state index in [4.69, 9.17) is 0 Å². The molecule has 21 heavy (non-hydrogen) atoms. The highest BCUT2D eigenvalue weighted by atomic mass is 32.2. The normalized spacial score (nSPS) is 16.3. The van der Waals surface area contributed by atoms with E-state index in [0.29, 0.717) is 18.0 Å². The molecule has 116 valence electrons. The van der Waals surface area contributed by atoms with Crippen LogP contribution >= 0.6 is 0 Å². The maximum absolute atomic E-state index is 12.1. The molecule has 1 fully saturated rings. The van der Waals surface area contributed by atoms with Crippen molar-refractivity contribution in [2.45, 2.75) is 37.0 Å². The quantitative estimate of drug-likeness (QED) is 0.908. The summed E-state index contributed by atoms with van der Waals surface area (Å²) >= 11 is 0. The van der Waals surface area contributed by atoms with E-state index in [1.54, 1.807) is 12.1 Å². The van der Waals surface area contributed by atoms with Gasteiger partial charge in [0.1, 0.15) is 0 Å². The van der Waals surface area contributed by atoms with Gasteiger partial charge in [0.05, 0.1) is 4.90 Å². The van der Waals surface area contributed by atoms with E-state index in [2.05, 4.69) is 5.32 Å². The van der Waals surface area contributed by atoms with Crippen molar-refractivity contribution in [2.75, 3.05) is 19.4 Å². The Bertz CT molecular complexity index is 605. The standard InChI is InChI=1S/C15H22N2O3S/c1-17(2)21(19,20)14-9-5-8-13(11-14)16-15(18)10-12-6-3-4-7-12/h5,8-9,11-12H,3-4,6-7,10H2,1-2H3,(H,16,18). The van der Waals surface area contributed by atoms with Crippen molar-refractivity contribution in [1.29, 1.82) is 0 Å². The van der Waals surface area contributed by atoms with Crippen molar-refractivity contribution >= 4 is 21.6 Å². The predicted octanol–water partition coefficient (Wildman–Crippen LogP) is 2.46. The molecule has 0 spiro atoms. The summed E-state index contributed by atoms with van der Waals surface area (Å²) in [5, 5.41) is 2.80. The Morgan fingerprint density at radius 3 is 2.57 bits per heavy atom. The predicted molar refractivity (Wildman–Crippen MR) is 82.5 cm³/mol. The molecule has 6 heteroatoms. The zero-order chi connectivity index (χ0) is 15.5. The first kappa shape index (κ1) is 16.0. The maximum atomic E-state index is 12.1. The monoisotopic (exact) mass is 310 g/mol. The Balaban J connectivity index is 2.05. The van der Waals surface area contributed by atoms with Gasteiger partial charge in [0.2, 0.25) is 15.9 Å². The SMILES string of the molecule is CN(C)S(=O)(=O)c1cccc(NC(=O)CC2CCCC2)c1. The molecule has 0 unspecified atom stereocenters. The van der Waals surface area contributed by atoms with E-state index in [1.165, 1.54) is 39.1 Å². The molecule has 1 N–H and O–H groups in total. The van der Waals surface area contributed by atoms with Gasteiger partial charge in [-0.3, -0.25) is 4.79 Å². The molecule has 1 saturated carbocycles. The van der Waals surface area contributed by atoms with E-state index in [-0.39, 0.29) is 10.8 Å². The number of hydrogen-bond acceptors (Lipinski definition) is 3. The van der Waals surface area contributed by atoms with Crippen molar-refractivity contribution in [3.05, 3.63) is 24.3 Å². The number of nitrogens with zero attached hydrogens (tertiary/aromatic N) is 1. The highest BCUT2D eigenvalue weighted by Gasteiger charge is 2.20. The fraction of sp³-hybridized carbons (Fsp3) is 0.533. The van der Waals surface area contributed by atoms with Gasteiger partial charge in [-0.25, -0.2) is 12.7 Å². The lowest BCUT2D eigenvalue weighted by Crippen LogP contribution is -2.22. The number of carbonyl (C=O) groups excluding carboxylic acids is 1. The molecule has 1 aliphatic rings. The summed E-state index contributed by atoms with van der Waals surface area (Å²) < 4.78 is 25.3. The second-order valence-electron chi connectivity index (χ2n) is 5.72. The zero-order valence-corrected chi connectivity index (χ0v) is 13.3. The van der Waals surface area contributed by atoms with Gasteiger partial charge < -0.3 is 5.32 Å². The maximum Gasteiger partial charge on any atom is 0.242 e. The topological polar surface area (TPSA) is 66.5 Å². The van der Waals surface area contributed by atoms with E-state index in [1.807, 2.05) is 0 Å². The van der Waals surface area contributed by atoms with Crippen molar-refractivity contribution in [2.24, 2.45) is 5.92 Å². The molecular formula is C15H22N2O3S. The third kappa shape index (κ3) is 4.04. The van der Waals surface area contributed by atoms with Crippen LogP contribution < -0.4 is 5.32 Å². The molecule has 1 amide bonds. The van der Waals surface area contributed by atoms with E-state index in [0.717, 1.165) is 17.1 Å². The molecule has 0 aliphatic heterocycles. The van der Waals surface area contributed by atoms with Gasteiger partial charge in [-0.1, -0.05) is 18.9 Å². The molecule has 0 saturated heterocycles. The van der Waals surface area contributed by atoms with Crippen LogP contribution in [0.25, 0.3) is 0 Å². The van der Waals surface area contributed by atoms with Gasteiger partial charge in [-0.15, -0.1) is 0 Å². The summed E-state index contributed by atoms with van der Waals surface area (Å²) in [6, 6.07) is 6.38. The summed E-state index contributed by atoms with van der Waals surface area (Å²) in [4.78, 5) is 12.2. The molecule has 0 bridgehead atoms. The highest BCUT2D eigenvalue weighted by molar-refractivity contribution is 7.89. The molecule has 0 atom stereocenters. The lowest BCUT2D eigenvalue weighted by Gasteiger charge is -2.13. The molecule has 5 nitrogen and oxygen atoms in total. The zero-order valence-electron chi connectivity index (χ0n) is 12.5. The number of sulfonamides is 1.